The molecule has 0 spiro atoms. The van der Waals surface area contributed by atoms with Gasteiger partial charge in [0.1, 0.15) is 5.78 Å². The number of hydrogen-bond acceptors (Lipinski definition) is 2. The molecule has 1 rings (SSSR count). The molecule has 0 aromatic rings. The fourth-order valence-corrected chi connectivity index (χ4v) is 2.18. The quantitative estimate of drug-likeness (QED) is 0.710. The molecule has 0 aromatic carbocycles. The van der Waals surface area contributed by atoms with Gasteiger partial charge in [-0.15, -0.1) is 0 Å². The molecule has 0 heterocycles. The Bertz CT molecular complexity index is 193. The van der Waals surface area contributed by atoms with Gasteiger partial charge in [0.05, 0.1) is 0 Å². The van der Waals surface area contributed by atoms with Crippen molar-refractivity contribution >= 4 is 5.78 Å². The molecule has 0 aromatic heterocycles. The van der Waals surface area contributed by atoms with Gasteiger partial charge in [0.25, 0.3) is 0 Å². The highest BCUT2D eigenvalue weighted by Gasteiger charge is 2.32. The number of carbonyl (C=O) groups excluding carboxylic acids is 1. The Kier molecular flexibility index (Phi) is 3.12. The van der Waals surface area contributed by atoms with Crippen LogP contribution in [0.2, 0.25) is 0 Å². The highest BCUT2D eigenvalue weighted by Crippen LogP contribution is 2.27. The first kappa shape index (κ1) is 10.7. The van der Waals surface area contributed by atoms with Crippen LogP contribution in [-0.2, 0) is 4.79 Å². The summed E-state index contributed by atoms with van der Waals surface area (Å²) >= 11 is 0. The molecular formula is C11H21NO. The fraction of sp³-hybridized carbons (Fsp3) is 0.909. The summed E-state index contributed by atoms with van der Waals surface area (Å²) in [4.78, 5) is 11.3. The van der Waals surface area contributed by atoms with Crippen LogP contribution in [0.4, 0.5) is 0 Å². The molecular weight excluding hydrogens is 162 g/mol. The Morgan fingerprint density at radius 2 is 1.92 bits per heavy atom. The number of rotatable bonds is 2. The average Bonchev–Trinajstić information content (AvgIpc) is 2.31. The molecule has 13 heavy (non-hydrogen) atoms. The Balaban J connectivity index is 2.54. The Labute approximate surface area is 81.1 Å². The number of carbonyl (C=O) groups is 1. The lowest BCUT2D eigenvalue weighted by atomic mass is 9.96. The first-order chi connectivity index (χ1) is 5.90. The van der Waals surface area contributed by atoms with E-state index in [0.29, 0.717) is 11.8 Å². The number of ketones is 1. The number of nitrogens with one attached hydrogen (secondary N) is 1. The van der Waals surface area contributed by atoms with Crippen LogP contribution >= 0.6 is 0 Å². The minimum atomic E-state index is 0.128. The van der Waals surface area contributed by atoms with Gasteiger partial charge >= 0.3 is 0 Å². The van der Waals surface area contributed by atoms with Gasteiger partial charge in [-0.2, -0.15) is 0 Å². The monoisotopic (exact) mass is 183 g/mol. The molecule has 1 fully saturated rings. The third kappa shape index (κ3) is 3.11. The van der Waals surface area contributed by atoms with Crippen LogP contribution in [-0.4, -0.2) is 17.4 Å². The number of Topliss-reactive ketones (excluding diaryl/α,β-unsaturated/α-hetero) is 1. The molecule has 1 saturated carbocycles. The topological polar surface area (TPSA) is 29.1 Å². The molecule has 0 aliphatic heterocycles. The third-order valence-corrected chi connectivity index (χ3v) is 2.66. The maximum Gasteiger partial charge on any atom is 0.134 e. The summed E-state index contributed by atoms with van der Waals surface area (Å²) in [5, 5.41) is 3.53. The van der Waals surface area contributed by atoms with Gasteiger partial charge in [-0.05, 0) is 40.5 Å². The van der Waals surface area contributed by atoms with E-state index in [0.717, 1.165) is 12.8 Å². The molecule has 2 atom stereocenters. The predicted molar refractivity (Wildman–Crippen MR) is 54.7 cm³/mol. The molecule has 76 valence electrons. The highest BCUT2D eigenvalue weighted by molar-refractivity contribution is 5.79. The first-order valence-electron chi connectivity index (χ1n) is 5.18. The van der Waals surface area contributed by atoms with Crippen LogP contribution in [0.15, 0.2) is 0 Å². The maximum absolute atomic E-state index is 11.3. The van der Waals surface area contributed by atoms with Crippen molar-refractivity contribution in [3.63, 3.8) is 0 Å². The Morgan fingerprint density at radius 1 is 1.31 bits per heavy atom. The normalized spacial score (nSPS) is 29.2. The highest BCUT2D eigenvalue weighted by atomic mass is 16.1. The van der Waals surface area contributed by atoms with Crippen molar-refractivity contribution in [1.29, 1.82) is 0 Å². The summed E-state index contributed by atoms with van der Waals surface area (Å²) in [5.41, 5.74) is 0.128. The summed E-state index contributed by atoms with van der Waals surface area (Å²) < 4.78 is 0. The second-order valence-electron chi connectivity index (χ2n) is 5.15. The Morgan fingerprint density at radius 3 is 2.38 bits per heavy atom. The van der Waals surface area contributed by atoms with Crippen LogP contribution in [0, 0.1) is 5.92 Å². The molecule has 1 N–H and O–H groups in total. The van der Waals surface area contributed by atoms with Crippen LogP contribution in [0.25, 0.3) is 0 Å². The van der Waals surface area contributed by atoms with Crippen molar-refractivity contribution in [2.24, 2.45) is 5.92 Å². The minimum Gasteiger partial charge on any atom is -0.309 e. The van der Waals surface area contributed by atoms with E-state index in [9.17, 15) is 4.79 Å². The zero-order valence-electron chi connectivity index (χ0n) is 9.18. The molecule has 1 aliphatic carbocycles. The second kappa shape index (κ2) is 3.79. The van der Waals surface area contributed by atoms with Gasteiger partial charge in [-0.1, -0.05) is 6.42 Å². The lowest BCUT2D eigenvalue weighted by Gasteiger charge is -2.28. The zero-order valence-corrected chi connectivity index (χ0v) is 9.18. The van der Waals surface area contributed by atoms with Crippen molar-refractivity contribution < 1.29 is 4.79 Å². The van der Waals surface area contributed by atoms with Crippen molar-refractivity contribution in [3.8, 4) is 0 Å². The summed E-state index contributed by atoms with van der Waals surface area (Å²) in [6.45, 7) is 8.18. The van der Waals surface area contributed by atoms with Crippen molar-refractivity contribution in [2.75, 3.05) is 0 Å². The van der Waals surface area contributed by atoms with Gasteiger partial charge in [0.2, 0.25) is 0 Å². The molecule has 2 heteroatoms. The van der Waals surface area contributed by atoms with Gasteiger partial charge in [-0.25, -0.2) is 0 Å². The summed E-state index contributed by atoms with van der Waals surface area (Å²) in [7, 11) is 0. The molecule has 0 radical (unpaired) electrons. The summed E-state index contributed by atoms with van der Waals surface area (Å²) in [5.74, 6) is 0.610. The third-order valence-electron chi connectivity index (χ3n) is 2.66. The van der Waals surface area contributed by atoms with Crippen LogP contribution in [0.3, 0.4) is 0 Å². The lowest BCUT2D eigenvalue weighted by Crippen LogP contribution is -2.46. The summed E-state index contributed by atoms with van der Waals surface area (Å²) in [6.07, 6.45) is 3.42. The van der Waals surface area contributed by atoms with Gasteiger partial charge in [0, 0.05) is 17.5 Å². The van der Waals surface area contributed by atoms with Gasteiger partial charge in [0.15, 0.2) is 0 Å². The molecule has 1 unspecified atom stereocenters. The van der Waals surface area contributed by atoms with E-state index in [-0.39, 0.29) is 11.5 Å². The van der Waals surface area contributed by atoms with E-state index in [1.54, 1.807) is 6.92 Å². The first-order valence-corrected chi connectivity index (χ1v) is 5.18. The predicted octanol–water partition coefficient (Wildman–Crippen LogP) is 2.13. The van der Waals surface area contributed by atoms with Crippen molar-refractivity contribution in [3.05, 3.63) is 0 Å². The van der Waals surface area contributed by atoms with Crippen LogP contribution in [0.5, 0.6) is 0 Å². The zero-order chi connectivity index (χ0) is 10.1. The van der Waals surface area contributed by atoms with Crippen molar-refractivity contribution in [2.45, 2.75) is 58.5 Å². The molecule has 0 amide bonds. The van der Waals surface area contributed by atoms with E-state index in [1.807, 2.05) is 0 Å². The van der Waals surface area contributed by atoms with E-state index < -0.39 is 0 Å². The molecule has 1 aliphatic rings. The van der Waals surface area contributed by atoms with Gasteiger partial charge in [-0.3, -0.25) is 4.79 Å². The Hall–Kier alpha value is -0.370. The summed E-state index contributed by atoms with van der Waals surface area (Å²) in [6, 6.07) is 0.414. The van der Waals surface area contributed by atoms with E-state index in [4.69, 9.17) is 0 Å². The minimum absolute atomic E-state index is 0.128. The molecule has 0 saturated heterocycles. The fourth-order valence-electron chi connectivity index (χ4n) is 2.18. The van der Waals surface area contributed by atoms with E-state index in [2.05, 4.69) is 26.1 Å². The number of hydrogen-bond donors (Lipinski definition) is 1. The SMILES string of the molecule is CC(=O)[C@@H]1CCCC1NC(C)(C)C. The molecule has 2 nitrogen and oxygen atoms in total. The van der Waals surface area contributed by atoms with E-state index in [1.165, 1.54) is 6.42 Å². The standard InChI is InChI=1S/C11H21NO/c1-8(13)9-6-5-7-10(9)12-11(2,3)4/h9-10,12H,5-7H2,1-4H3/t9-,10?/m0/s1. The van der Waals surface area contributed by atoms with E-state index >= 15 is 0 Å². The average molecular weight is 183 g/mol. The van der Waals surface area contributed by atoms with Crippen LogP contribution in [0.1, 0.15) is 47.0 Å². The molecule has 0 bridgehead atoms. The van der Waals surface area contributed by atoms with Crippen LogP contribution < -0.4 is 5.32 Å². The maximum atomic E-state index is 11.3. The van der Waals surface area contributed by atoms with Gasteiger partial charge < -0.3 is 5.32 Å². The van der Waals surface area contributed by atoms with Crippen molar-refractivity contribution in [1.82, 2.24) is 5.32 Å². The largest absolute Gasteiger partial charge is 0.309 e. The smallest absolute Gasteiger partial charge is 0.134 e. The lowest BCUT2D eigenvalue weighted by molar-refractivity contribution is -0.121. The second-order valence-corrected chi connectivity index (χ2v) is 5.15.